The normalized spacial score (nSPS) is 12.2. The molecule has 2 atom stereocenters. The van der Waals surface area contributed by atoms with Gasteiger partial charge < -0.3 is 39.4 Å². The molecule has 0 aliphatic carbocycles. The minimum Gasteiger partial charge on any atom is -0.504 e. The molecule has 0 spiro atoms. The van der Waals surface area contributed by atoms with Gasteiger partial charge >= 0.3 is 23.9 Å². The highest BCUT2D eigenvalue weighted by Crippen LogP contribution is 2.27. The predicted octanol–water partition coefficient (Wildman–Crippen LogP) is 1.39. The highest BCUT2D eigenvalue weighted by molar-refractivity contribution is 5.96. The lowest BCUT2D eigenvalue weighted by atomic mass is 10.1. The van der Waals surface area contributed by atoms with Gasteiger partial charge in [-0.05, 0) is 50.2 Å². The summed E-state index contributed by atoms with van der Waals surface area (Å²) in [6.07, 6.45) is -4.23. The summed E-state index contributed by atoms with van der Waals surface area (Å²) in [5.74, 6) is -7.26. The number of carbonyl (C=O) groups excluding carboxylic acids is 4. The van der Waals surface area contributed by atoms with E-state index in [9.17, 15) is 39.6 Å². The Hall–Kier alpha value is -4.48. The highest BCUT2D eigenvalue weighted by Gasteiger charge is 2.43. The predicted molar refractivity (Wildman–Crippen MR) is 111 cm³/mol. The van der Waals surface area contributed by atoms with E-state index >= 15 is 0 Å². The third-order valence-electron chi connectivity index (χ3n) is 4.20. The van der Waals surface area contributed by atoms with Crippen LogP contribution in [0.1, 0.15) is 34.6 Å². The van der Waals surface area contributed by atoms with Crippen LogP contribution in [0, 0.1) is 0 Å². The Morgan fingerprint density at radius 2 is 1.00 bits per heavy atom. The number of hydrogen-bond donors (Lipinski definition) is 4. The summed E-state index contributed by atoms with van der Waals surface area (Å²) in [6.45, 7) is 2.53. The van der Waals surface area contributed by atoms with E-state index in [4.69, 9.17) is 18.9 Å². The Morgan fingerprint density at radius 1 is 0.647 bits per heavy atom. The number of ether oxygens (including phenoxy) is 4. The number of phenols is 4. The molecule has 0 bridgehead atoms. The van der Waals surface area contributed by atoms with Crippen molar-refractivity contribution in [2.45, 2.75) is 26.1 Å². The van der Waals surface area contributed by atoms with Gasteiger partial charge in [-0.15, -0.1) is 0 Å². The van der Waals surface area contributed by atoms with Crippen LogP contribution >= 0.6 is 0 Å². The summed E-state index contributed by atoms with van der Waals surface area (Å²) in [6, 6.07) is 5.83. The van der Waals surface area contributed by atoms with Gasteiger partial charge in [0.2, 0.25) is 12.2 Å². The smallest absolute Gasteiger partial charge is 0.352 e. The fourth-order valence-corrected chi connectivity index (χ4v) is 2.58. The molecule has 34 heavy (non-hydrogen) atoms. The van der Waals surface area contributed by atoms with Crippen LogP contribution in [0.2, 0.25) is 0 Å². The minimum absolute atomic E-state index is 0.178. The molecular weight excluding hydrogens is 456 g/mol. The van der Waals surface area contributed by atoms with Gasteiger partial charge in [0.25, 0.3) is 0 Å². The third-order valence-corrected chi connectivity index (χ3v) is 4.20. The summed E-state index contributed by atoms with van der Waals surface area (Å²) in [5.41, 5.74) is -0.607. The van der Waals surface area contributed by atoms with Crippen LogP contribution in [0.5, 0.6) is 23.0 Å². The van der Waals surface area contributed by atoms with Crippen molar-refractivity contribution in [3.63, 3.8) is 0 Å². The summed E-state index contributed by atoms with van der Waals surface area (Å²) in [7, 11) is 0. The maximum atomic E-state index is 12.6. The Bertz CT molecular complexity index is 992. The monoisotopic (exact) mass is 478 g/mol. The van der Waals surface area contributed by atoms with Crippen molar-refractivity contribution < 1.29 is 58.6 Å². The van der Waals surface area contributed by atoms with Crippen LogP contribution in [0.25, 0.3) is 0 Å². The zero-order valence-electron chi connectivity index (χ0n) is 18.1. The molecule has 0 amide bonds. The Morgan fingerprint density at radius 3 is 1.29 bits per heavy atom. The molecule has 0 radical (unpaired) electrons. The quantitative estimate of drug-likeness (QED) is 0.231. The molecule has 0 aliphatic rings. The summed E-state index contributed by atoms with van der Waals surface area (Å²) in [5, 5.41) is 38.0. The second kappa shape index (κ2) is 11.4. The number of carbonyl (C=O) groups is 4. The van der Waals surface area contributed by atoms with Gasteiger partial charge in [-0.2, -0.15) is 0 Å². The molecule has 0 aromatic heterocycles. The average molecular weight is 478 g/mol. The molecule has 12 nitrogen and oxygen atoms in total. The van der Waals surface area contributed by atoms with Crippen molar-refractivity contribution in [2.75, 3.05) is 13.2 Å². The van der Waals surface area contributed by atoms with Crippen molar-refractivity contribution in [1.82, 2.24) is 0 Å². The molecule has 2 aromatic rings. The van der Waals surface area contributed by atoms with Crippen LogP contribution in [-0.2, 0) is 28.5 Å². The second-order valence-electron chi connectivity index (χ2n) is 6.56. The molecule has 0 aliphatic heterocycles. The lowest BCUT2D eigenvalue weighted by molar-refractivity contribution is -0.173. The van der Waals surface area contributed by atoms with Crippen molar-refractivity contribution in [1.29, 1.82) is 0 Å². The van der Waals surface area contributed by atoms with Gasteiger partial charge in [-0.3, -0.25) is 0 Å². The van der Waals surface area contributed by atoms with E-state index < -0.39 is 59.1 Å². The lowest BCUT2D eigenvalue weighted by Gasteiger charge is -2.24. The maximum Gasteiger partial charge on any atom is 0.352 e. The van der Waals surface area contributed by atoms with Gasteiger partial charge in [0, 0.05) is 0 Å². The molecule has 0 heterocycles. The number of benzene rings is 2. The van der Waals surface area contributed by atoms with E-state index in [1.54, 1.807) is 0 Å². The fraction of sp³-hybridized carbons (Fsp3) is 0.273. The van der Waals surface area contributed by atoms with Gasteiger partial charge in [0.05, 0.1) is 24.3 Å². The molecule has 0 fully saturated rings. The first-order valence-corrected chi connectivity index (χ1v) is 9.88. The summed E-state index contributed by atoms with van der Waals surface area (Å²) < 4.78 is 19.8. The molecule has 2 rings (SSSR count). The number of phenolic OH excluding ortho intramolecular Hbond substituents is 4. The van der Waals surface area contributed by atoms with E-state index in [1.807, 2.05) is 0 Å². The summed E-state index contributed by atoms with van der Waals surface area (Å²) >= 11 is 0. The second-order valence-corrected chi connectivity index (χ2v) is 6.56. The zero-order valence-corrected chi connectivity index (χ0v) is 18.1. The molecule has 0 saturated heterocycles. The Balaban J connectivity index is 2.40. The largest absolute Gasteiger partial charge is 0.504 e. The molecule has 182 valence electrons. The van der Waals surface area contributed by atoms with Crippen LogP contribution in [0.15, 0.2) is 36.4 Å². The molecule has 2 aromatic carbocycles. The maximum absolute atomic E-state index is 12.6. The highest BCUT2D eigenvalue weighted by atomic mass is 16.6. The van der Waals surface area contributed by atoms with E-state index in [0.29, 0.717) is 0 Å². The number of aromatic hydroxyl groups is 4. The van der Waals surface area contributed by atoms with Gasteiger partial charge in [0.1, 0.15) is 0 Å². The molecule has 12 heteroatoms. The molecule has 0 unspecified atom stereocenters. The first kappa shape index (κ1) is 25.8. The molecule has 4 N–H and O–H groups in total. The molecular formula is C22H22O12. The first-order valence-electron chi connectivity index (χ1n) is 9.88. The average Bonchev–Trinajstić information content (AvgIpc) is 2.79. The standard InChI is InChI=1S/C22H22O12/c1-3-31-21(29)17(33-19(27)11-5-7-13(23)15(25)9-11)18(22(30)32-4-2)34-20(28)12-6-8-14(24)16(26)10-12/h5-10,17-18,23-26H,3-4H2,1-2H3/t17-,18-/m0/s1. The van der Waals surface area contributed by atoms with Crippen molar-refractivity contribution in [3.8, 4) is 23.0 Å². The SMILES string of the molecule is CCOC(=O)[C@@H](OC(=O)c1ccc(O)c(O)c1)[C@H](OC(=O)c1ccc(O)c(O)c1)C(=O)OCC. The van der Waals surface area contributed by atoms with Gasteiger partial charge in [0.15, 0.2) is 23.0 Å². The van der Waals surface area contributed by atoms with Crippen molar-refractivity contribution in [3.05, 3.63) is 47.5 Å². The van der Waals surface area contributed by atoms with Crippen molar-refractivity contribution >= 4 is 23.9 Å². The van der Waals surface area contributed by atoms with E-state index in [0.717, 1.165) is 36.4 Å². The zero-order chi connectivity index (χ0) is 25.4. The molecule has 0 saturated carbocycles. The first-order chi connectivity index (χ1) is 16.1. The van der Waals surface area contributed by atoms with Crippen molar-refractivity contribution in [2.24, 2.45) is 0 Å². The van der Waals surface area contributed by atoms with Crippen LogP contribution in [-0.4, -0.2) is 69.7 Å². The van der Waals surface area contributed by atoms with Gasteiger partial charge in [-0.1, -0.05) is 0 Å². The summed E-state index contributed by atoms with van der Waals surface area (Å²) in [4.78, 5) is 50.2. The topological polar surface area (TPSA) is 186 Å². The van der Waals surface area contributed by atoms with Crippen LogP contribution in [0.4, 0.5) is 0 Å². The van der Waals surface area contributed by atoms with Gasteiger partial charge in [-0.25, -0.2) is 19.2 Å². The lowest BCUT2D eigenvalue weighted by Crippen LogP contribution is -2.47. The Kier molecular flexibility index (Phi) is 8.65. The number of hydrogen-bond acceptors (Lipinski definition) is 12. The Labute approximate surface area is 192 Å². The van der Waals surface area contributed by atoms with E-state index in [2.05, 4.69) is 0 Å². The third kappa shape index (κ3) is 6.28. The van der Waals surface area contributed by atoms with Crippen LogP contribution < -0.4 is 0 Å². The number of esters is 4. The minimum atomic E-state index is -2.11. The van der Waals surface area contributed by atoms with E-state index in [1.165, 1.54) is 13.8 Å². The number of rotatable bonds is 9. The van der Waals surface area contributed by atoms with E-state index in [-0.39, 0.29) is 24.3 Å². The van der Waals surface area contributed by atoms with Crippen LogP contribution in [0.3, 0.4) is 0 Å². The fourth-order valence-electron chi connectivity index (χ4n) is 2.58.